The lowest BCUT2D eigenvalue weighted by atomic mass is 10.0. The standard InChI is InChI=1S/C21H22N2O4/c1-15(2)19(23-21(25)27-13-16-8-4-3-5-9-16)20(24)26-14-18-11-7-6-10-17(18)12-22/h3-11,15,19H,13-14H2,1-2H3,(H,23,25)/t19-/m0/s1. The molecule has 2 aromatic rings. The molecule has 6 nitrogen and oxygen atoms in total. The summed E-state index contributed by atoms with van der Waals surface area (Å²) in [7, 11) is 0. The lowest BCUT2D eigenvalue weighted by Crippen LogP contribution is -2.45. The molecule has 1 atom stereocenters. The van der Waals surface area contributed by atoms with Crippen LogP contribution in [0, 0.1) is 17.2 Å². The molecular weight excluding hydrogens is 344 g/mol. The molecule has 27 heavy (non-hydrogen) atoms. The van der Waals surface area contributed by atoms with Gasteiger partial charge in [-0.2, -0.15) is 5.26 Å². The van der Waals surface area contributed by atoms with Crippen molar-refractivity contribution in [1.29, 1.82) is 5.26 Å². The number of esters is 1. The highest BCUT2D eigenvalue weighted by Gasteiger charge is 2.26. The van der Waals surface area contributed by atoms with Crippen molar-refractivity contribution in [2.75, 3.05) is 0 Å². The monoisotopic (exact) mass is 366 g/mol. The van der Waals surface area contributed by atoms with Gasteiger partial charge in [-0.3, -0.25) is 0 Å². The Morgan fingerprint density at radius 3 is 2.33 bits per heavy atom. The second-order valence-electron chi connectivity index (χ2n) is 6.30. The normalized spacial score (nSPS) is 11.3. The maximum absolute atomic E-state index is 12.4. The fourth-order valence-electron chi connectivity index (χ4n) is 2.38. The van der Waals surface area contributed by atoms with Crippen LogP contribution in [-0.4, -0.2) is 18.1 Å². The minimum absolute atomic E-state index is 0.0352. The molecule has 0 aliphatic rings. The zero-order chi connectivity index (χ0) is 19.6. The quantitative estimate of drug-likeness (QED) is 0.757. The first-order chi connectivity index (χ1) is 13.0. The van der Waals surface area contributed by atoms with Gasteiger partial charge in [0, 0.05) is 5.56 Å². The molecule has 0 bridgehead atoms. The van der Waals surface area contributed by atoms with Crippen LogP contribution in [0.2, 0.25) is 0 Å². The first kappa shape index (κ1) is 20.0. The number of hydrogen-bond acceptors (Lipinski definition) is 5. The molecule has 1 N–H and O–H groups in total. The van der Waals surface area contributed by atoms with Crippen molar-refractivity contribution in [2.24, 2.45) is 5.92 Å². The van der Waals surface area contributed by atoms with Crippen LogP contribution in [0.15, 0.2) is 54.6 Å². The van der Waals surface area contributed by atoms with Crippen molar-refractivity contribution in [3.63, 3.8) is 0 Å². The van der Waals surface area contributed by atoms with E-state index in [-0.39, 0.29) is 19.1 Å². The molecule has 6 heteroatoms. The zero-order valence-electron chi connectivity index (χ0n) is 15.3. The van der Waals surface area contributed by atoms with E-state index in [1.54, 1.807) is 38.1 Å². The highest BCUT2D eigenvalue weighted by atomic mass is 16.6. The van der Waals surface area contributed by atoms with Crippen LogP contribution in [0.4, 0.5) is 4.79 Å². The molecule has 140 valence electrons. The van der Waals surface area contributed by atoms with Gasteiger partial charge in [0.05, 0.1) is 11.6 Å². The van der Waals surface area contributed by atoms with Gasteiger partial charge in [-0.05, 0) is 17.5 Å². The fraction of sp³-hybridized carbons (Fsp3) is 0.286. The molecule has 2 rings (SSSR count). The van der Waals surface area contributed by atoms with Crippen molar-refractivity contribution < 1.29 is 19.1 Å². The third kappa shape index (κ3) is 6.15. The van der Waals surface area contributed by atoms with Crippen molar-refractivity contribution in [3.8, 4) is 6.07 Å². The van der Waals surface area contributed by atoms with E-state index in [1.165, 1.54) is 0 Å². The number of hydrogen-bond donors (Lipinski definition) is 1. The van der Waals surface area contributed by atoms with Gasteiger partial charge in [-0.1, -0.05) is 62.4 Å². The van der Waals surface area contributed by atoms with E-state index >= 15 is 0 Å². The molecule has 1 amide bonds. The number of alkyl carbamates (subject to hydrolysis) is 1. The number of nitrogens with one attached hydrogen (secondary N) is 1. The molecule has 0 aliphatic carbocycles. The third-order valence-electron chi connectivity index (χ3n) is 3.91. The van der Waals surface area contributed by atoms with Crippen LogP contribution in [0.3, 0.4) is 0 Å². The SMILES string of the molecule is CC(C)[C@H](NC(=O)OCc1ccccc1)C(=O)OCc1ccccc1C#N. The van der Waals surface area contributed by atoms with Crippen LogP contribution in [0.1, 0.15) is 30.5 Å². The smallest absolute Gasteiger partial charge is 0.408 e. The summed E-state index contributed by atoms with van der Waals surface area (Å²) in [4.78, 5) is 24.4. The summed E-state index contributed by atoms with van der Waals surface area (Å²) in [5, 5.41) is 11.6. The average molecular weight is 366 g/mol. The van der Waals surface area contributed by atoms with Crippen molar-refractivity contribution in [3.05, 3.63) is 71.3 Å². The Hall–Kier alpha value is -3.33. The summed E-state index contributed by atoms with van der Waals surface area (Å²) in [5.41, 5.74) is 1.91. The number of ether oxygens (including phenoxy) is 2. The Kier molecular flexibility index (Phi) is 7.38. The number of amides is 1. The van der Waals surface area contributed by atoms with Gasteiger partial charge >= 0.3 is 12.1 Å². The Labute approximate surface area is 158 Å². The number of rotatable bonds is 7. The summed E-state index contributed by atoms with van der Waals surface area (Å²) in [5.74, 6) is -0.762. The van der Waals surface area contributed by atoms with Crippen LogP contribution in [0.25, 0.3) is 0 Å². The van der Waals surface area contributed by atoms with Gasteiger partial charge in [0.25, 0.3) is 0 Å². The maximum atomic E-state index is 12.4. The first-order valence-corrected chi connectivity index (χ1v) is 8.63. The predicted molar refractivity (Wildman–Crippen MR) is 99.3 cm³/mol. The van der Waals surface area contributed by atoms with Crippen molar-refractivity contribution >= 4 is 12.1 Å². The van der Waals surface area contributed by atoms with E-state index in [0.29, 0.717) is 11.1 Å². The van der Waals surface area contributed by atoms with E-state index in [1.807, 2.05) is 30.3 Å². The molecule has 2 aromatic carbocycles. The lowest BCUT2D eigenvalue weighted by Gasteiger charge is -2.20. The minimum atomic E-state index is -0.845. The number of benzene rings is 2. The molecule has 0 saturated heterocycles. The minimum Gasteiger partial charge on any atom is -0.459 e. The van der Waals surface area contributed by atoms with Gasteiger partial charge in [-0.25, -0.2) is 9.59 Å². The number of nitriles is 1. The van der Waals surface area contributed by atoms with Gasteiger partial charge in [0.15, 0.2) is 0 Å². The maximum Gasteiger partial charge on any atom is 0.408 e. The Bertz CT molecular complexity index is 812. The molecule has 0 saturated carbocycles. The van der Waals surface area contributed by atoms with E-state index in [9.17, 15) is 9.59 Å². The van der Waals surface area contributed by atoms with Gasteiger partial charge in [-0.15, -0.1) is 0 Å². The Morgan fingerprint density at radius 1 is 1.00 bits per heavy atom. The molecular formula is C21H22N2O4. The summed E-state index contributed by atoms with van der Waals surface area (Å²) in [6.45, 7) is 3.67. The van der Waals surface area contributed by atoms with E-state index < -0.39 is 18.1 Å². The first-order valence-electron chi connectivity index (χ1n) is 8.63. The number of carbonyl (C=O) groups is 2. The van der Waals surface area contributed by atoms with Gasteiger partial charge in [0.2, 0.25) is 0 Å². The van der Waals surface area contributed by atoms with E-state index in [4.69, 9.17) is 14.7 Å². The summed E-state index contributed by atoms with van der Waals surface area (Å²) in [6, 6.07) is 17.4. The molecule has 0 heterocycles. The largest absolute Gasteiger partial charge is 0.459 e. The average Bonchev–Trinajstić information content (AvgIpc) is 2.69. The number of nitrogens with zero attached hydrogens (tertiary/aromatic N) is 1. The topological polar surface area (TPSA) is 88.4 Å². The van der Waals surface area contributed by atoms with Crippen molar-refractivity contribution in [1.82, 2.24) is 5.32 Å². The van der Waals surface area contributed by atoms with Crippen LogP contribution in [0.5, 0.6) is 0 Å². The fourth-order valence-corrected chi connectivity index (χ4v) is 2.38. The lowest BCUT2D eigenvalue weighted by molar-refractivity contribution is -0.148. The second kappa shape index (κ2) is 9.97. The summed E-state index contributed by atoms with van der Waals surface area (Å²) in [6.07, 6.45) is -0.688. The van der Waals surface area contributed by atoms with Crippen molar-refractivity contribution in [2.45, 2.75) is 33.1 Å². The van der Waals surface area contributed by atoms with Crippen LogP contribution < -0.4 is 5.32 Å². The van der Waals surface area contributed by atoms with Crippen LogP contribution in [-0.2, 0) is 27.5 Å². The Morgan fingerprint density at radius 2 is 1.67 bits per heavy atom. The molecule has 0 fully saturated rings. The molecule has 0 unspecified atom stereocenters. The predicted octanol–water partition coefficient (Wildman–Crippen LogP) is 3.55. The van der Waals surface area contributed by atoms with E-state index in [2.05, 4.69) is 11.4 Å². The second-order valence-corrected chi connectivity index (χ2v) is 6.30. The third-order valence-corrected chi connectivity index (χ3v) is 3.91. The summed E-state index contributed by atoms with van der Waals surface area (Å²) < 4.78 is 10.5. The highest BCUT2D eigenvalue weighted by molar-refractivity contribution is 5.81. The molecule has 0 radical (unpaired) electrons. The van der Waals surface area contributed by atoms with E-state index in [0.717, 1.165) is 5.56 Å². The summed E-state index contributed by atoms with van der Waals surface area (Å²) >= 11 is 0. The highest BCUT2D eigenvalue weighted by Crippen LogP contribution is 2.11. The molecule has 0 spiro atoms. The van der Waals surface area contributed by atoms with Gasteiger partial charge < -0.3 is 14.8 Å². The van der Waals surface area contributed by atoms with Gasteiger partial charge in [0.1, 0.15) is 19.3 Å². The van der Waals surface area contributed by atoms with Crippen LogP contribution >= 0.6 is 0 Å². The molecule has 0 aliphatic heterocycles. The molecule has 0 aromatic heterocycles. The Balaban J connectivity index is 1.90. The zero-order valence-corrected chi connectivity index (χ0v) is 15.3. The number of carbonyl (C=O) groups excluding carboxylic acids is 2.